The number of nitro benzene ring substituents is 1. The molecule has 5 nitrogen and oxygen atoms in total. The second kappa shape index (κ2) is 6.20. The number of anilines is 1. The normalized spacial score (nSPS) is 12.5. The van der Waals surface area contributed by atoms with Crippen molar-refractivity contribution in [3.8, 4) is 0 Å². The van der Waals surface area contributed by atoms with E-state index < -0.39 is 4.92 Å². The molecular weight excluding hydrogens is 220 g/mol. The molecule has 0 bridgehead atoms. The molecule has 1 aromatic carbocycles. The van der Waals surface area contributed by atoms with Gasteiger partial charge in [0.25, 0.3) is 5.69 Å². The summed E-state index contributed by atoms with van der Waals surface area (Å²) in [6.45, 7) is 4.22. The fourth-order valence-electron chi connectivity index (χ4n) is 1.66. The smallest absolute Gasteiger partial charge is 0.269 e. The van der Waals surface area contributed by atoms with Gasteiger partial charge in [0.05, 0.1) is 11.5 Å². The fourth-order valence-corrected chi connectivity index (χ4v) is 1.66. The first-order valence-corrected chi connectivity index (χ1v) is 5.64. The van der Waals surface area contributed by atoms with Crippen LogP contribution in [0.1, 0.15) is 20.3 Å². The molecule has 0 aromatic heterocycles. The number of aliphatic hydroxyl groups excluding tert-OH is 1. The summed E-state index contributed by atoms with van der Waals surface area (Å²) >= 11 is 0. The van der Waals surface area contributed by atoms with Crippen molar-refractivity contribution in [3.05, 3.63) is 34.4 Å². The maximum Gasteiger partial charge on any atom is 0.269 e. The summed E-state index contributed by atoms with van der Waals surface area (Å²) in [6.07, 6.45) is 0.855. The third kappa shape index (κ3) is 4.40. The van der Waals surface area contributed by atoms with Crippen LogP contribution in [0, 0.1) is 16.0 Å². The molecule has 5 heteroatoms. The number of benzene rings is 1. The Morgan fingerprint density at radius 1 is 1.35 bits per heavy atom. The van der Waals surface area contributed by atoms with E-state index in [0.29, 0.717) is 5.92 Å². The molecule has 0 aliphatic heterocycles. The van der Waals surface area contributed by atoms with E-state index in [1.54, 1.807) is 12.1 Å². The van der Waals surface area contributed by atoms with Crippen LogP contribution >= 0.6 is 0 Å². The van der Waals surface area contributed by atoms with Crippen LogP contribution < -0.4 is 5.32 Å². The van der Waals surface area contributed by atoms with Crippen molar-refractivity contribution in [1.29, 1.82) is 0 Å². The average Bonchev–Trinajstić information content (AvgIpc) is 2.28. The third-order valence-corrected chi connectivity index (χ3v) is 2.43. The molecule has 0 aliphatic rings. The first-order valence-electron chi connectivity index (χ1n) is 5.64. The zero-order valence-electron chi connectivity index (χ0n) is 10.1. The minimum Gasteiger partial charge on any atom is -0.394 e. The fraction of sp³-hybridized carbons (Fsp3) is 0.500. The lowest BCUT2D eigenvalue weighted by atomic mass is 10.0. The Kier molecular flexibility index (Phi) is 4.90. The van der Waals surface area contributed by atoms with Crippen LogP contribution in [0.4, 0.5) is 11.4 Å². The van der Waals surface area contributed by atoms with Crippen molar-refractivity contribution in [3.63, 3.8) is 0 Å². The maximum atomic E-state index is 10.5. The molecule has 94 valence electrons. The first-order chi connectivity index (χ1) is 8.02. The van der Waals surface area contributed by atoms with Crippen LogP contribution in [-0.2, 0) is 0 Å². The predicted octanol–water partition coefficient (Wildman–Crippen LogP) is 2.41. The summed E-state index contributed by atoms with van der Waals surface area (Å²) < 4.78 is 0. The Balaban J connectivity index is 2.64. The second-order valence-electron chi connectivity index (χ2n) is 4.46. The highest BCUT2D eigenvalue weighted by Crippen LogP contribution is 2.17. The third-order valence-electron chi connectivity index (χ3n) is 2.43. The van der Waals surface area contributed by atoms with Gasteiger partial charge in [0.1, 0.15) is 0 Å². The SMILES string of the molecule is CC(C)C[C@@H](CO)Nc1ccc([N+](=O)[O-])cc1. The Labute approximate surface area is 101 Å². The lowest BCUT2D eigenvalue weighted by molar-refractivity contribution is -0.384. The molecule has 1 aromatic rings. The number of rotatable bonds is 6. The van der Waals surface area contributed by atoms with Crippen molar-refractivity contribution < 1.29 is 10.0 Å². The summed E-state index contributed by atoms with van der Waals surface area (Å²) in [5.74, 6) is 0.484. The second-order valence-corrected chi connectivity index (χ2v) is 4.46. The van der Waals surface area contributed by atoms with Crippen molar-refractivity contribution in [2.24, 2.45) is 5.92 Å². The topological polar surface area (TPSA) is 75.4 Å². The van der Waals surface area contributed by atoms with E-state index in [9.17, 15) is 15.2 Å². The van der Waals surface area contributed by atoms with Gasteiger partial charge in [0.2, 0.25) is 0 Å². The van der Waals surface area contributed by atoms with E-state index in [4.69, 9.17) is 0 Å². The Morgan fingerprint density at radius 2 is 1.94 bits per heavy atom. The minimum absolute atomic E-state index is 0.0172. The van der Waals surface area contributed by atoms with Gasteiger partial charge in [0, 0.05) is 23.9 Å². The van der Waals surface area contributed by atoms with Crippen LogP contribution in [0.5, 0.6) is 0 Å². The number of nitro groups is 1. The summed E-state index contributed by atoms with van der Waals surface area (Å²) in [5.41, 5.74) is 0.857. The number of nitrogens with one attached hydrogen (secondary N) is 1. The molecule has 1 rings (SSSR count). The predicted molar refractivity (Wildman–Crippen MR) is 67.0 cm³/mol. The summed E-state index contributed by atoms with van der Waals surface area (Å²) in [4.78, 5) is 10.1. The molecule has 2 N–H and O–H groups in total. The number of nitrogens with zero attached hydrogens (tertiary/aromatic N) is 1. The van der Waals surface area contributed by atoms with Crippen molar-refractivity contribution >= 4 is 11.4 Å². The first kappa shape index (κ1) is 13.4. The molecule has 0 spiro atoms. The molecule has 0 aliphatic carbocycles. The van der Waals surface area contributed by atoms with Crippen LogP contribution in [0.3, 0.4) is 0 Å². The molecule has 0 radical (unpaired) electrons. The monoisotopic (exact) mass is 238 g/mol. The van der Waals surface area contributed by atoms with E-state index >= 15 is 0 Å². The van der Waals surface area contributed by atoms with Crippen molar-refractivity contribution in [1.82, 2.24) is 0 Å². The van der Waals surface area contributed by atoms with Gasteiger partial charge in [-0.25, -0.2) is 0 Å². The van der Waals surface area contributed by atoms with E-state index in [2.05, 4.69) is 19.2 Å². The standard InChI is InChI=1S/C12H18N2O3/c1-9(2)7-11(8-15)13-10-3-5-12(6-4-10)14(16)17/h3-6,9,11,13,15H,7-8H2,1-2H3/t11-/m0/s1. The average molecular weight is 238 g/mol. The largest absolute Gasteiger partial charge is 0.394 e. The molecule has 0 saturated carbocycles. The molecule has 0 fully saturated rings. The number of hydrogen-bond donors (Lipinski definition) is 2. The van der Waals surface area contributed by atoms with Gasteiger partial charge in [0.15, 0.2) is 0 Å². The lowest BCUT2D eigenvalue weighted by Gasteiger charge is -2.19. The van der Waals surface area contributed by atoms with Crippen LogP contribution in [0.2, 0.25) is 0 Å². The summed E-state index contributed by atoms with van der Waals surface area (Å²) in [5, 5.41) is 22.8. The van der Waals surface area contributed by atoms with Gasteiger partial charge in [-0.15, -0.1) is 0 Å². The van der Waals surface area contributed by atoms with Crippen LogP contribution in [-0.4, -0.2) is 22.7 Å². The summed E-state index contributed by atoms with van der Waals surface area (Å²) in [6, 6.07) is 6.19. The number of hydrogen-bond acceptors (Lipinski definition) is 4. The van der Waals surface area contributed by atoms with Gasteiger partial charge in [-0.3, -0.25) is 10.1 Å². The molecule has 0 unspecified atom stereocenters. The zero-order valence-corrected chi connectivity index (χ0v) is 10.1. The van der Waals surface area contributed by atoms with E-state index in [1.165, 1.54) is 12.1 Å². The molecular formula is C12H18N2O3. The highest BCUT2D eigenvalue weighted by atomic mass is 16.6. The molecule has 0 heterocycles. The van der Waals surface area contributed by atoms with Gasteiger partial charge in [-0.1, -0.05) is 13.8 Å². The highest BCUT2D eigenvalue weighted by Gasteiger charge is 2.10. The van der Waals surface area contributed by atoms with Gasteiger partial charge >= 0.3 is 0 Å². The van der Waals surface area contributed by atoms with Crippen molar-refractivity contribution in [2.75, 3.05) is 11.9 Å². The van der Waals surface area contributed by atoms with Gasteiger partial charge in [-0.05, 0) is 24.5 Å². The zero-order chi connectivity index (χ0) is 12.8. The Bertz CT molecular complexity index is 363. The van der Waals surface area contributed by atoms with Gasteiger partial charge < -0.3 is 10.4 Å². The van der Waals surface area contributed by atoms with E-state index in [0.717, 1.165) is 12.1 Å². The van der Waals surface area contributed by atoms with Gasteiger partial charge in [-0.2, -0.15) is 0 Å². The maximum absolute atomic E-state index is 10.5. The number of aliphatic hydroxyl groups is 1. The van der Waals surface area contributed by atoms with E-state index in [1.807, 2.05) is 0 Å². The molecule has 0 saturated heterocycles. The van der Waals surface area contributed by atoms with Crippen molar-refractivity contribution in [2.45, 2.75) is 26.3 Å². The van der Waals surface area contributed by atoms with Crippen LogP contribution in [0.15, 0.2) is 24.3 Å². The van der Waals surface area contributed by atoms with Crippen LogP contribution in [0.25, 0.3) is 0 Å². The molecule has 0 amide bonds. The lowest BCUT2D eigenvalue weighted by Crippen LogP contribution is -2.25. The highest BCUT2D eigenvalue weighted by molar-refractivity contribution is 5.49. The minimum atomic E-state index is -0.429. The quantitative estimate of drug-likeness (QED) is 0.589. The van der Waals surface area contributed by atoms with E-state index in [-0.39, 0.29) is 18.3 Å². The number of non-ortho nitro benzene ring substituents is 1. The Morgan fingerprint density at radius 3 is 2.35 bits per heavy atom. The molecule has 17 heavy (non-hydrogen) atoms. The summed E-state index contributed by atoms with van der Waals surface area (Å²) in [7, 11) is 0. The molecule has 1 atom stereocenters. The Hall–Kier alpha value is -1.62.